The molecule has 0 saturated carbocycles. The average Bonchev–Trinajstić information content (AvgIpc) is 3.16. The quantitative estimate of drug-likeness (QED) is 0.790. The molecule has 126 valence electrons. The molecule has 3 heterocycles. The van der Waals surface area contributed by atoms with Gasteiger partial charge < -0.3 is 14.8 Å². The summed E-state index contributed by atoms with van der Waals surface area (Å²) in [5.74, 6) is 2.02. The highest BCUT2D eigenvalue weighted by molar-refractivity contribution is 5.77. The zero-order valence-electron chi connectivity index (χ0n) is 13.9. The summed E-state index contributed by atoms with van der Waals surface area (Å²) in [6.07, 6.45) is 7.17. The SMILES string of the molecule is COc1cccc(C2C=C(c3cccnc3)Nc3ncnn32)c1OC. The number of allylic oxidation sites excluding steroid dienone is 1. The molecule has 25 heavy (non-hydrogen) atoms. The van der Waals surface area contributed by atoms with E-state index in [-0.39, 0.29) is 6.04 Å². The standard InChI is InChI=1S/C18H17N5O2/c1-24-16-7-3-6-13(17(16)25-2)15-9-14(12-5-4-8-19-10-12)22-18-20-11-21-23(15)18/h3-11,15H,1-2H3,(H,20,21,22). The highest BCUT2D eigenvalue weighted by Crippen LogP contribution is 2.40. The zero-order chi connectivity index (χ0) is 17.2. The van der Waals surface area contributed by atoms with Gasteiger partial charge in [-0.1, -0.05) is 12.1 Å². The van der Waals surface area contributed by atoms with Gasteiger partial charge in [0.15, 0.2) is 11.5 Å². The van der Waals surface area contributed by atoms with E-state index in [1.807, 2.05) is 41.2 Å². The molecule has 1 aliphatic heterocycles. The lowest BCUT2D eigenvalue weighted by Gasteiger charge is -2.26. The Hall–Kier alpha value is -3.35. The Morgan fingerprint density at radius 1 is 1.12 bits per heavy atom. The third-order valence-electron chi connectivity index (χ3n) is 4.13. The van der Waals surface area contributed by atoms with Gasteiger partial charge in [0.05, 0.1) is 14.2 Å². The van der Waals surface area contributed by atoms with Crippen LogP contribution < -0.4 is 14.8 Å². The van der Waals surface area contributed by atoms with Crippen molar-refractivity contribution in [2.75, 3.05) is 19.5 Å². The number of ether oxygens (including phenoxy) is 2. The van der Waals surface area contributed by atoms with Gasteiger partial charge >= 0.3 is 0 Å². The van der Waals surface area contributed by atoms with Crippen molar-refractivity contribution in [2.45, 2.75) is 6.04 Å². The number of nitrogens with one attached hydrogen (secondary N) is 1. The van der Waals surface area contributed by atoms with E-state index in [1.54, 1.807) is 20.4 Å². The smallest absolute Gasteiger partial charge is 0.226 e. The van der Waals surface area contributed by atoms with Crippen molar-refractivity contribution in [1.82, 2.24) is 19.7 Å². The maximum Gasteiger partial charge on any atom is 0.226 e. The molecule has 0 radical (unpaired) electrons. The van der Waals surface area contributed by atoms with Gasteiger partial charge in [-0.2, -0.15) is 10.1 Å². The average molecular weight is 335 g/mol. The monoisotopic (exact) mass is 335 g/mol. The number of pyridine rings is 1. The number of aromatic nitrogens is 4. The first kappa shape index (κ1) is 15.2. The topological polar surface area (TPSA) is 74.1 Å². The first-order valence-electron chi connectivity index (χ1n) is 7.81. The Labute approximate surface area is 144 Å². The second kappa shape index (κ2) is 6.27. The molecule has 1 aliphatic rings. The van der Waals surface area contributed by atoms with Crippen molar-refractivity contribution in [3.05, 3.63) is 66.3 Å². The molecule has 1 N–H and O–H groups in total. The lowest BCUT2D eigenvalue weighted by Crippen LogP contribution is -2.20. The molecule has 2 aromatic heterocycles. The number of rotatable bonds is 4. The first-order chi connectivity index (χ1) is 12.3. The zero-order valence-corrected chi connectivity index (χ0v) is 13.9. The van der Waals surface area contributed by atoms with Crippen LogP contribution in [0.4, 0.5) is 5.95 Å². The van der Waals surface area contributed by atoms with Crippen molar-refractivity contribution < 1.29 is 9.47 Å². The lowest BCUT2D eigenvalue weighted by molar-refractivity contribution is 0.349. The largest absolute Gasteiger partial charge is 0.493 e. The molecule has 0 aliphatic carbocycles. The second-order valence-corrected chi connectivity index (χ2v) is 5.50. The van der Waals surface area contributed by atoms with Crippen LogP contribution in [0.1, 0.15) is 17.2 Å². The molecule has 4 rings (SSSR count). The highest BCUT2D eigenvalue weighted by atomic mass is 16.5. The van der Waals surface area contributed by atoms with Crippen molar-refractivity contribution in [1.29, 1.82) is 0 Å². The Morgan fingerprint density at radius 3 is 2.80 bits per heavy atom. The van der Waals surface area contributed by atoms with Gasteiger partial charge in [-0.05, 0) is 24.3 Å². The minimum Gasteiger partial charge on any atom is -0.493 e. The summed E-state index contributed by atoms with van der Waals surface area (Å²) in [7, 11) is 3.26. The molecule has 7 heteroatoms. The fourth-order valence-corrected chi connectivity index (χ4v) is 2.99. The maximum atomic E-state index is 5.60. The Bertz CT molecular complexity index is 920. The number of hydrogen-bond acceptors (Lipinski definition) is 6. The maximum absolute atomic E-state index is 5.60. The molecule has 0 saturated heterocycles. The Balaban J connectivity index is 1.87. The van der Waals surface area contributed by atoms with Gasteiger partial charge in [-0.15, -0.1) is 0 Å². The summed E-state index contributed by atoms with van der Waals surface area (Å²) in [6, 6.07) is 9.53. The van der Waals surface area contributed by atoms with Crippen molar-refractivity contribution in [3.63, 3.8) is 0 Å². The van der Waals surface area contributed by atoms with E-state index in [4.69, 9.17) is 9.47 Å². The fourth-order valence-electron chi connectivity index (χ4n) is 2.99. The molecular formula is C18H17N5O2. The van der Waals surface area contributed by atoms with Gasteiger partial charge in [0.2, 0.25) is 5.95 Å². The molecule has 7 nitrogen and oxygen atoms in total. The van der Waals surface area contributed by atoms with Crippen LogP contribution in [0.25, 0.3) is 5.70 Å². The summed E-state index contributed by atoms with van der Waals surface area (Å²) < 4.78 is 12.9. The molecule has 0 bridgehead atoms. The van der Waals surface area contributed by atoms with E-state index in [2.05, 4.69) is 26.5 Å². The summed E-state index contributed by atoms with van der Waals surface area (Å²) in [5, 5.41) is 7.66. The summed E-state index contributed by atoms with van der Waals surface area (Å²) >= 11 is 0. The molecule has 0 fully saturated rings. The molecule has 1 unspecified atom stereocenters. The molecular weight excluding hydrogens is 318 g/mol. The number of nitrogens with zero attached hydrogens (tertiary/aromatic N) is 4. The van der Waals surface area contributed by atoms with Crippen LogP contribution in [0.15, 0.2) is 55.1 Å². The molecule has 1 aromatic carbocycles. The Morgan fingerprint density at radius 2 is 2.04 bits per heavy atom. The van der Waals surface area contributed by atoms with Gasteiger partial charge in [-0.25, -0.2) is 4.68 Å². The molecule has 0 spiro atoms. The van der Waals surface area contributed by atoms with Crippen LogP contribution in [-0.4, -0.2) is 34.0 Å². The van der Waals surface area contributed by atoms with Crippen LogP contribution in [0.3, 0.4) is 0 Å². The van der Waals surface area contributed by atoms with Gasteiger partial charge in [0, 0.05) is 29.2 Å². The number of methoxy groups -OCH3 is 2. The highest BCUT2D eigenvalue weighted by Gasteiger charge is 2.27. The predicted octanol–water partition coefficient (Wildman–Crippen LogP) is 2.75. The van der Waals surface area contributed by atoms with Gasteiger partial charge in [-0.3, -0.25) is 4.98 Å². The number of anilines is 1. The number of fused-ring (bicyclic) bond motifs is 1. The van der Waals surface area contributed by atoms with Crippen molar-refractivity contribution in [3.8, 4) is 11.5 Å². The van der Waals surface area contributed by atoms with E-state index >= 15 is 0 Å². The van der Waals surface area contributed by atoms with Crippen LogP contribution in [-0.2, 0) is 0 Å². The van der Waals surface area contributed by atoms with Crippen LogP contribution in [0, 0.1) is 0 Å². The van der Waals surface area contributed by atoms with E-state index < -0.39 is 0 Å². The molecule has 1 atom stereocenters. The van der Waals surface area contributed by atoms with E-state index in [9.17, 15) is 0 Å². The first-order valence-corrected chi connectivity index (χ1v) is 7.81. The predicted molar refractivity (Wildman–Crippen MR) is 93.5 cm³/mol. The number of hydrogen-bond donors (Lipinski definition) is 1. The van der Waals surface area contributed by atoms with E-state index in [0.29, 0.717) is 17.4 Å². The fraction of sp³-hybridized carbons (Fsp3) is 0.167. The number of benzene rings is 1. The van der Waals surface area contributed by atoms with Crippen molar-refractivity contribution >= 4 is 11.6 Å². The van der Waals surface area contributed by atoms with Gasteiger partial charge in [0.25, 0.3) is 0 Å². The van der Waals surface area contributed by atoms with Crippen LogP contribution in [0.2, 0.25) is 0 Å². The van der Waals surface area contributed by atoms with E-state index in [0.717, 1.165) is 16.8 Å². The Kier molecular flexibility index (Phi) is 3.81. The summed E-state index contributed by atoms with van der Waals surface area (Å²) in [4.78, 5) is 8.51. The summed E-state index contributed by atoms with van der Waals surface area (Å²) in [6.45, 7) is 0. The minimum atomic E-state index is -0.181. The normalized spacial score (nSPS) is 15.8. The lowest BCUT2D eigenvalue weighted by atomic mass is 10.0. The van der Waals surface area contributed by atoms with Gasteiger partial charge in [0.1, 0.15) is 12.4 Å². The van der Waals surface area contributed by atoms with Crippen molar-refractivity contribution in [2.24, 2.45) is 0 Å². The number of para-hydroxylation sites is 1. The van der Waals surface area contributed by atoms with E-state index in [1.165, 1.54) is 6.33 Å². The third kappa shape index (κ3) is 2.59. The molecule has 0 amide bonds. The third-order valence-corrected chi connectivity index (χ3v) is 4.13. The molecule has 3 aromatic rings. The minimum absolute atomic E-state index is 0.181. The summed E-state index contributed by atoms with van der Waals surface area (Å²) in [5.41, 5.74) is 2.84. The van der Waals surface area contributed by atoms with Crippen LogP contribution in [0.5, 0.6) is 11.5 Å². The van der Waals surface area contributed by atoms with Crippen LogP contribution >= 0.6 is 0 Å². The second-order valence-electron chi connectivity index (χ2n) is 5.50.